The minimum Gasteiger partial charge on any atom is -0.478 e. The van der Waals surface area contributed by atoms with Crippen molar-refractivity contribution in [2.45, 2.75) is 5.03 Å². The fourth-order valence-electron chi connectivity index (χ4n) is 1.00. The Labute approximate surface area is 104 Å². The number of rotatable bonds is 5. The normalized spacial score (nSPS) is 10.8. The Kier molecular flexibility index (Phi) is 5.05. The number of aromatic carboxylic acids is 1. The van der Waals surface area contributed by atoms with Crippen molar-refractivity contribution in [2.75, 3.05) is 26.4 Å². The lowest BCUT2D eigenvalue weighted by Crippen LogP contribution is -2.14. The molecule has 1 aromatic rings. The van der Waals surface area contributed by atoms with Crippen LogP contribution in [0.1, 0.15) is 10.4 Å². The highest BCUT2D eigenvalue weighted by atomic mass is 35.5. The van der Waals surface area contributed by atoms with Gasteiger partial charge in [0, 0.05) is 12.3 Å². The Hall–Kier alpha value is -0.780. The van der Waals surface area contributed by atoms with E-state index < -0.39 is 5.97 Å². The second-order valence-corrected chi connectivity index (χ2v) is 4.98. The molecule has 88 valence electrons. The first-order valence-electron chi connectivity index (χ1n) is 4.67. The molecule has 16 heavy (non-hydrogen) atoms. The maximum atomic E-state index is 10.8. The number of carboxylic acids is 1. The molecule has 0 aliphatic heterocycles. The van der Waals surface area contributed by atoms with Gasteiger partial charge in [-0.3, -0.25) is 0 Å². The van der Waals surface area contributed by atoms with Crippen LogP contribution in [0.25, 0.3) is 0 Å². The van der Waals surface area contributed by atoms with E-state index in [9.17, 15) is 4.79 Å². The van der Waals surface area contributed by atoms with Gasteiger partial charge in [0.2, 0.25) is 0 Å². The number of halogens is 1. The summed E-state index contributed by atoms with van der Waals surface area (Å²) >= 11 is 7.23. The van der Waals surface area contributed by atoms with Gasteiger partial charge in [-0.1, -0.05) is 11.6 Å². The van der Waals surface area contributed by atoms with E-state index in [1.54, 1.807) is 0 Å². The molecule has 6 heteroatoms. The zero-order chi connectivity index (χ0) is 12.1. The summed E-state index contributed by atoms with van der Waals surface area (Å²) in [6.07, 6.45) is 0. The van der Waals surface area contributed by atoms with Crippen molar-refractivity contribution in [1.82, 2.24) is 9.88 Å². The van der Waals surface area contributed by atoms with E-state index in [1.807, 2.05) is 14.1 Å². The highest BCUT2D eigenvalue weighted by molar-refractivity contribution is 7.99. The van der Waals surface area contributed by atoms with Crippen LogP contribution >= 0.6 is 23.4 Å². The van der Waals surface area contributed by atoms with Gasteiger partial charge in [0.05, 0.1) is 10.6 Å². The first-order valence-corrected chi connectivity index (χ1v) is 6.04. The Morgan fingerprint density at radius 3 is 2.81 bits per heavy atom. The van der Waals surface area contributed by atoms with Crippen molar-refractivity contribution in [2.24, 2.45) is 0 Å². The van der Waals surface area contributed by atoms with Crippen LogP contribution in [-0.2, 0) is 0 Å². The highest BCUT2D eigenvalue weighted by Gasteiger charge is 2.07. The molecule has 0 fully saturated rings. The van der Waals surface area contributed by atoms with E-state index in [0.717, 1.165) is 12.3 Å². The number of carbonyl (C=O) groups is 1. The summed E-state index contributed by atoms with van der Waals surface area (Å²) in [4.78, 5) is 16.9. The topological polar surface area (TPSA) is 53.4 Å². The first kappa shape index (κ1) is 13.3. The zero-order valence-corrected chi connectivity index (χ0v) is 10.7. The smallest absolute Gasteiger partial charge is 0.335 e. The fourth-order valence-corrected chi connectivity index (χ4v) is 2.30. The maximum absolute atomic E-state index is 10.8. The van der Waals surface area contributed by atoms with Crippen LogP contribution in [0.4, 0.5) is 0 Å². The highest BCUT2D eigenvalue weighted by Crippen LogP contribution is 2.20. The van der Waals surface area contributed by atoms with Crippen molar-refractivity contribution in [1.29, 1.82) is 0 Å². The van der Waals surface area contributed by atoms with Gasteiger partial charge in [-0.05, 0) is 26.2 Å². The second kappa shape index (κ2) is 6.08. The molecular formula is C10H13ClN2O2S. The number of pyridine rings is 1. The lowest BCUT2D eigenvalue weighted by molar-refractivity contribution is 0.0696. The van der Waals surface area contributed by atoms with E-state index in [4.69, 9.17) is 16.7 Å². The van der Waals surface area contributed by atoms with E-state index in [-0.39, 0.29) is 10.7 Å². The molecule has 0 unspecified atom stereocenters. The summed E-state index contributed by atoms with van der Waals surface area (Å²) in [7, 11) is 3.96. The molecule has 1 aromatic heterocycles. The van der Waals surface area contributed by atoms with Crippen LogP contribution in [0.5, 0.6) is 0 Å². The molecule has 0 bridgehead atoms. The summed E-state index contributed by atoms with van der Waals surface area (Å²) in [6, 6.07) is 2.88. The maximum Gasteiger partial charge on any atom is 0.335 e. The van der Waals surface area contributed by atoms with Crippen molar-refractivity contribution < 1.29 is 9.90 Å². The molecule has 1 heterocycles. The summed E-state index contributed by atoms with van der Waals surface area (Å²) in [6.45, 7) is 0.904. The van der Waals surface area contributed by atoms with E-state index in [0.29, 0.717) is 5.03 Å². The third kappa shape index (κ3) is 4.38. The molecular weight excluding hydrogens is 248 g/mol. The SMILES string of the molecule is CN(C)CCSc1cc(C(=O)O)cc(Cl)n1. The Morgan fingerprint density at radius 1 is 1.56 bits per heavy atom. The van der Waals surface area contributed by atoms with Crippen LogP contribution in [0.3, 0.4) is 0 Å². The van der Waals surface area contributed by atoms with Crippen molar-refractivity contribution in [3.63, 3.8) is 0 Å². The molecule has 0 amide bonds. The first-order chi connectivity index (χ1) is 7.49. The number of hydrogen-bond acceptors (Lipinski definition) is 4. The quantitative estimate of drug-likeness (QED) is 0.649. The average molecular weight is 261 g/mol. The summed E-state index contributed by atoms with van der Waals surface area (Å²) in [5, 5.41) is 9.70. The van der Waals surface area contributed by atoms with Gasteiger partial charge in [0.1, 0.15) is 5.15 Å². The number of aromatic nitrogens is 1. The minimum absolute atomic E-state index is 0.173. The fraction of sp³-hybridized carbons (Fsp3) is 0.400. The average Bonchev–Trinajstić information content (AvgIpc) is 2.16. The van der Waals surface area contributed by atoms with Gasteiger partial charge in [-0.25, -0.2) is 9.78 Å². The Balaban J connectivity index is 2.69. The van der Waals surface area contributed by atoms with Crippen molar-refractivity contribution in [3.8, 4) is 0 Å². The number of nitrogens with zero attached hydrogens (tertiary/aromatic N) is 2. The molecule has 1 rings (SSSR count). The van der Waals surface area contributed by atoms with Crippen LogP contribution in [0.15, 0.2) is 17.2 Å². The van der Waals surface area contributed by atoms with E-state index >= 15 is 0 Å². The lowest BCUT2D eigenvalue weighted by atomic mass is 10.3. The van der Waals surface area contributed by atoms with Crippen LogP contribution in [0.2, 0.25) is 5.15 Å². The molecule has 0 saturated heterocycles. The monoisotopic (exact) mass is 260 g/mol. The van der Waals surface area contributed by atoms with Crippen LogP contribution in [0, 0.1) is 0 Å². The molecule has 0 spiro atoms. The van der Waals surface area contributed by atoms with Gasteiger partial charge < -0.3 is 10.0 Å². The molecule has 0 radical (unpaired) electrons. The molecule has 0 aliphatic carbocycles. The Bertz CT molecular complexity index is 385. The largest absolute Gasteiger partial charge is 0.478 e. The third-order valence-electron chi connectivity index (χ3n) is 1.81. The summed E-state index contributed by atoms with van der Waals surface area (Å²) in [5.41, 5.74) is 0.173. The van der Waals surface area contributed by atoms with E-state index in [2.05, 4.69) is 9.88 Å². The predicted octanol–water partition coefficient (Wildman–Crippen LogP) is 2.09. The van der Waals surface area contributed by atoms with Gasteiger partial charge >= 0.3 is 5.97 Å². The van der Waals surface area contributed by atoms with Crippen LogP contribution in [-0.4, -0.2) is 47.4 Å². The predicted molar refractivity (Wildman–Crippen MR) is 65.5 cm³/mol. The summed E-state index contributed by atoms with van der Waals surface area (Å²) in [5.74, 6) is -0.141. The summed E-state index contributed by atoms with van der Waals surface area (Å²) < 4.78 is 0. The minimum atomic E-state index is -0.987. The molecule has 0 atom stereocenters. The third-order valence-corrected chi connectivity index (χ3v) is 2.89. The number of hydrogen-bond donors (Lipinski definition) is 1. The van der Waals surface area contributed by atoms with Gasteiger partial charge in [0.25, 0.3) is 0 Å². The number of thioether (sulfide) groups is 1. The molecule has 0 aromatic carbocycles. The molecule has 0 aliphatic rings. The lowest BCUT2D eigenvalue weighted by Gasteiger charge is -2.08. The van der Waals surface area contributed by atoms with Gasteiger partial charge in [0.15, 0.2) is 0 Å². The zero-order valence-electron chi connectivity index (χ0n) is 9.11. The van der Waals surface area contributed by atoms with Crippen molar-refractivity contribution >= 4 is 29.3 Å². The van der Waals surface area contributed by atoms with Crippen LogP contribution < -0.4 is 0 Å². The number of carboxylic acid groups (broad SMARTS) is 1. The van der Waals surface area contributed by atoms with Gasteiger partial charge in [-0.15, -0.1) is 11.8 Å². The standard InChI is InChI=1S/C10H13ClN2O2S/c1-13(2)3-4-16-9-6-7(10(14)15)5-8(11)12-9/h5-6H,3-4H2,1-2H3,(H,14,15). The second-order valence-electron chi connectivity index (χ2n) is 3.47. The molecule has 4 nitrogen and oxygen atoms in total. The van der Waals surface area contributed by atoms with Gasteiger partial charge in [-0.2, -0.15) is 0 Å². The molecule has 1 N–H and O–H groups in total. The van der Waals surface area contributed by atoms with Crippen molar-refractivity contribution in [3.05, 3.63) is 22.8 Å². The molecule has 0 saturated carbocycles. The Morgan fingerprint density at radius 2 is 2.25 bits per heavy atom. The van der Waals surface area contributed by atoms with E-state index in [1.165, 1.54) is 23.9 Å².